The largest absolute Gasteiger partial charge is 0.486 e. The fraction of sp³-hybridized carbons (Fsp3) is 0.211. The number of fused-ring (bicyclic) bond motifs is 3. The average molecular weight is 367 g/mol. The van der Waals surface area contributed by atoms with E-state index in [-0.39, 0.29) is 12.1 Å². The first-order valence-corrected chi connectivity index (χ1v) is 8.37. The van der Waals surface area contributed by atoms with Gasteiger partial charge < -0.3 is 15.6 Å². The number of anilines is 1. The molecule has 1 saturated heterocycles. The number of amides is 4. The molecular formula is C19H17N3O5. The zero-order chi connectivity index (χ0) is 19.3. The standard InChI is InChI=1S/C19H17N3O5/c1-11-19(13-5-3-2-4-6-13)10-21(17(20)25)18(26)22(19)14-9-12(16(23)24)7-8-15(14)27-11/h2-9,11H,10H2,1H3,(H2,20,25)(H,23,24). The van der Waals surface area contributed by atoms with Gasteiger partial charge in [0.15, 0.2) is 0 Å². The SMILES string of the molecule is CC1Oc2ccc(C(=O)O)cc2N2C(=O)N(C(N)=O)CC12c1ccccc1. The highest BCUT2D eigenvalue weighted by Crippen LogP contribution is 2.50. The number of imide groups is 1. The fourth-order valence-corrected chi connectivity index (χ4v) is 3.87. The van der Waals surface area contributed by atoms with Gasteiger partial charge in [0.2, 0.25) is 0 Å². The number of benzene rings is 2. The third kappa shape index (κ3) is 2.26. The van der Waals surface area contributed by atoms with Gasteiger partial charge in [-0.15, -0.1) is 0 Å². The van der Waals surface area contributed by atoms with Crippen LogP contribution in [0.3, 0.4) is 0 Å². The molecule has 27 heavy (non-hydrogen) atoms. The molecule has 2 aromatic carbocycles. The molecule has 138 valence electrons. The molecule has 1 fully saturated rings. The van der Waals surface area contributed by atoms with Crippen LogP contribution in [0.4, 0.5) is 15.3 Å². The quantitative estimate of drug-likeness (QED) is 0.846. The van der Waals surface area contributed by atoms with Crippen molar-refractivity contribution in [1.29, 1.82) is 0 Å². The number of hydrogen-bond acceptors (Lipinski definition) is 4. The van der Waals surface area contributed by atoms with E-state index in [1.165, 1.54) is 23.1 Å². The van der Waals surface area contributed by atoms with E-state index in [2.05, 4.69) is 0 Å². The zero-order valence-electron chi connectivity index (χ0n) is 14.5. The van der Waals surface area contributed by atoms with Crippen LogP contribution in [0.25, 0.3) is 0 Å². The molecule has 0 radical (unpaired) electrons. The van der Waals surface area contributed by atoms with Gasteiger partial charge in [0.1, 0.15) is 17.4 Å². The van der Waals surface area contributed by atoms with Crippen molar-refractivity contribution in [3.8, 4) is 5.75 Å². The molecule has 8 nitrogen and oxygen atoms in total. The molecule has 0 spiro atoms. The molecule has 2 aliphatic rings. The summed E-state index contributed by atoms with van der Waals surface area (Å²) in [5, 5.41) is 9.34. The molecule has 4 rings (SSSR count). The Morgan fingerprint density at radius 3 is 2.56 bits per heavy atom. The molecule has 8 heteroatoms. The Labute approximate surface area is 154 Å². The molecule has 0 aromatic heterocycles. The number of carbonyl (C=O) groups is 3. The Morgan fingerprint density at radius 2 is 1.93 bits per heavy atom. The smallest absolute Gasteiger partial charge is 0.335 e. The first-order chi connectivity index (χ1) is 12.9. The summed E-state index contributed by atoms with van der Waals surface area (Å²) >= 11 is 0. The lowest BCUT2D eigenvalue weighted by molar-refractivity contribution is 0.0696. The third-order valence-electron chi connectivity index (χ3n) is 5.18. The van der Waals surface area contributed by atoms with E-state index in [1.807, 2.05) is 37.3 Å². The number of aromatic carboxylic acids is 1. The molecule has 2 aromatic rings. The second kappa shape index (κ2) is 5.73. The highest BCUT2D eigenvalue weighted by atomic mass is 16.5. The zero-order valence-corrected chi connectivity index (χ0v) is 14.5. The number of hydrogen-bond donors (Lipinski definition) is 2. The Hall–Kier alpha value is -3.55. The van der Waals surface area contributed by atoms with Gasteiger partial charge in [-0.2, -0.15) is 0 Å². The van der Waals surface area contributed by atoms with Crippen LogP contribution in [0, 0.1) is 0 Å². The van der Waals surface area contributed by atoms with E-state index >= 15 is 0 Å². The minimum absolute atomic E-state index is 0.00306. The van der Waals surface area contributed by atoms with E-state index in [4.69, 9.17) is 10.5 Å². The molecule has 2 aliphatic heterocycles. The maximum Gasteiger partial charge on any atom is 0.335 e. The van der Waals surface area contributed by atoms with Gasteiger partial charge in [-0.1, -0.05) is 30.3 Å². The number of carboxylic acid groups (broad SMARTS) is 1. The van der Waals surface area contributed by atoms with E-state index in [0.29, 0.717) is 11.4 Å². The average Bonchev–Trinajstić information content (AvgIpc) is 2.98. The molecule has 2 unspecified atom stereocenters. The highest BCUT2D eigenvalue weighted by Gasteiger charge is 2.60. The van der Waals surface area contributed by atoms with Crippen molar-refractivity contribution in [2.24, 2.45) is 5.73 Å². The van der Waals surface area contributed by atoms with Crippen LogP contribution in [0.2, 0.25) is 0 Å². The number of ether oxygens (including phenoxy) is 1. The Balaban J connectivity index is 1.98. The molecule has 2 heterocycles. The summed E-state index contributed by atoms with van der Waals surface area (Å²) in [6.07, 6.45) is -0.503. The van der Waals surface area contributed by atoms with Gasteiger partial charge in [0.05, 0.1) is 17.8 Å². The van der Waals surface area contributed by atoms with Gasteiger partial charge in [0.25, 0.3) is 0 Å². The molecule has 0 saturated carbocycles. The van der Waals surface area contributed by atoms with Crippen LogP contribution in [0.1, 0.15) is 22.8 Å². The maximum atomic E-state index is 13.1. The van der Waals surface area contributed by atoms with Crippen molar-refractivity contribution >= 4 is 23.7 Å². The minimum atomic E-state index is -1.12. The molecule has 0 aliphatic carbocycles. The minimum Gasteiger partial charge on any atom is -0.486 e. The first-order valence-electron chi connectivity index (χ1n) is 8.37. The molecular weight excluding hydrogens is 350 g/mol. The number of rotatable bonds is 2. The second-order valence-electron chi connectivity index (χ2n) is 6.58. The predicted octanol–water partition coefficient (Wildman–Crippen LogP) is 2.38. The maximum absolute atomic E-state index is 13.1. The van der Waals surface area contributed by atoms with Crippen LogP contribution >= 0.6 is 0 Å². The number of carbonyl (C=O) groups excluding carboxylic acids is 2. The number of nitrogens with zero attached hydrogens (tertiary/aromatic N) is 2. The van der Waals surface area contributed by atoms with Crippen molar-refractivity contribution < 1.29 is 24.2 Å². The summed E-state index contributed by atoms with van der Waals surface area (Å²) in [6.45, 7) is 1.81. The molecule has 4 amide bonds. The number of primary amides is 1. The van der Waals surface area contributed by atoms with Crippen LogP contribution in [0.15, 0.2) is 48.5 Å². The Kier molecular flexibility index (Phi) is 3.59. The van der Waals surface area contributed by atoms with Crippen molar-refractivity contribution in [3.63, 3.8) is 0 Å². The van der Waals surface area contributed by atoms with Crippen molar-refractivity contribution in [1.82, 2.24) is 4.90 Å². The van der Waals surface area contributed by atoms with E-state index in [0.717, 1.165) is 10.5 Å². The van der Waals surface area contributed by atoms with Crippen LogP contribution < -0.4 is 15.4 Å². The van der Waals surface area contributed by atoms with Gasteiger partial charge >= 0.3 is 18.0 Å². The lowest BCUT2D eigenvalue weighted by Gasteiger charge is -2.46. The van der Waals surface area contributed by atoms with Gasteiger partial charge in [0, 0.05) is 0 Å². The lowest BCUT2D eigenvalue weighted by atomic mass is 9.82. The normalized spacial score (nSPS) is 23.4. The van der Waals surface area contributed by atoms with E-state index in [9.17, 15) is 19.5 Å². The topological polar surface area (TPSA) is 113 Å². The van der Waals surface area contributed by atoms with E-state index in [1.54, 1.807) is 0 Å². The summed E-state index contributed by atoms with van der Waals surface area (Å²) in [5.74, 6) is -0.751. The van der Waals surface area contributed by atoms with E-state index < -0.39 is 29.7 Å². The van der Waals surface area contributed by atoms with Crippen molar-refractivity contribution in [2.75, 3.05) is 11.4 Å². The highest BCUT2D eigenvalue weighted by molar-refractivity contribution is 6.07. The number of nitrogens with two attached hydrogens (primary N) is 1. The summed E-state index contributed by atoms with van der Waals surface area (Å²) < 4.78 is 6.05. The van der Waals surface area contributed by atoms with Gasteiger partial charge in [-0.3, -0.25) is 4.90 Å². The lowest BCUT2D eigenvalue weighted by Crippen LogP contribution is -2.57. The van der Waals surface area contributed by atoms with Crippen LogP contribution in [-0.2, 0) is 5.54 Å². The van der Waals surface area contributed by atoms with Crippen LogP contribution in [-0.4, -0.2) is 40.7 Å². The third-order valence-corrected chi connectivity index (χ3v) is 5.18. The molecule has 3 N–H and O–H groups in total. The predicted molar refractivity (Wildman–Crippen MR) is 95.8 cm³/mol. The Bertz CT molecular complexity index is 961. The van der Waals surface area contributed by atoms with Gasteiger partial charge in [-0.25, -0.2) is 19.3 Å². The summed E-state index contributed by atoms with van der Waals surface area (Å²) in [5.41, 5.74) is 5.49. The number of urea groups is 2. The summed E-state index contributed by atoms with van der Waals surface area (Å²) in [4.78, 5) is 38.8. The summed E-state index contributed by atoms with van der Waals surface area (Å²) in [6, 6.07) is 12.0. The monoisotopic (exact) mass is 367 g/mol. The van der Waals surface area contributed by atoms with Crippen molar-refractivity contribution in [2.45, 2.75) is 18.6 Å². The van der Waals surface area contributed by atoms with Crippen LogP contribution in [0.5, 0.6) is 5.75 Å². The second-order valence-corrected chi connectivity index (χ2v) is 6.58. The first kappa shape index (κ1) is 16.9. The molecule has 0 bridgehead atoms. The summed E-state index contributed by atoms with van der Waals surface area (Å²) in [7, 11) is 0. The van der Waals surface area contributed by atoms with Gasteiger partial charge in [-0.05, 0) is 30.7 Å². The number of carboxylic acids is 1. The Morgan fingerprint density at radius 1 is 1.22 bits per heavy atom. The molecule has 2 atom stereocenters. The van der Waals surface area contributed by atoms with Crippen molar-refractivity contribution in [3.05, 3.63) is 59.7 Å². The fourth-order valence-electron chi connectivity index (χ4n) is 3.87.